The predicted molar refractivity (Wildman–Crippen MR) is 84.1 cm³/mol. The van der Waals surface area contributed by atoms with Crippen LogP contribution in [0.2, 0.25) is 0 Å². The van der Waals surface area contributed by atoms with Gasteiger partial charge < -0.3 is 5.32 Å². The van der Waals surface area contributed by atoms with Gasteiger partial charge in [0.25, 0.3) is 0 Å². The molecule has 1 N–H and O–H groups in total. The Morgan fingerprint density at radius 2 is 2.05 bits per heavy atom. The van der Waals surface area contributed by atoms with Gasteiger partial charge in [-0.05, 0) is 52.5 Å². The first kappa shape index (κ1) is 16.5. The van der Waals surface area contributed by atoms with E-state index in [-0.39, 0.29) is 30.0 Å². The zero-order valence-electron chi connectivity index (χ0n) is 13.7. The third-order valence-electron chi connectivity index (χ3n) is 5.29. The van der Waals surface area contributed by atoms with E-state index in [0.29, 0.717) is 5.78 Å². The van der Waals surface area contributed by atoms with E-state index in [0.717, 1.165) is 51.5 Å². The molecule has 2 aliphatic rings. The van der Waals surface area contributed by atoms with Crippen LogP contribution in [0.25, 0.3) is 0 Å². The Balaban J connectivity index is 2.00. The number of nitrogens with one attached hydrogen (secondary N) is 1. The smallest absolute Gasteiger partial charge is 0.237 e. The van der Waals surface area contributed by atoms with Crippen LogP contribution in [0.5, 0.6) is 0 Å². The van der Waals surface area contributed by atoms with E-state index in [9.17, 15) is 9.59 Å². The van der Waals surface area contributed by atoms with Crippen molar-refractivity contribution in [2.24, 2.45) is 5.92 Å². The van der Waals surface area contributed by atoms with Gasteiger partial charge in [-0.15, -0.1) is 0 Å². The van der Waals surface area contributed by atoms with Crippen molar-refractivity contribution in [2.75, 3.05) is 6.54 Å². The Hall–Kier alpha value is -0.900. The number of rotatable bonds is 5. The van der Waals surface area contributed by atoms with E-state index in [4.69, 9.17) is 0 Å². The molecule has 0 aromatic carbocycles. The third kappa shape index (κ3) is 3.85. The van der Waals surface area contributed by atoms with Crippen LogP contribution < -0.4 is 5.32 Å². The van der Waals surface area contributed by atoms with Crippen molar-refractivity contribution in [1.29, 1.82) is 0 Å². The van der Waals surface area contributed by atoms with Crippen molar-refractivity contribution < 1.29 is 9.59 Å². The lowest BCUT2D eigenvalue weighted by Gasteiger charge is -2.36. The van der Waals surface area contributed by atoms with E-state index < -0.39 is 0 Å². The predicted octanol–water partition coefficient (Wildman–Crippen LogP) is 2.51. The van der Waals surface area contributed by atoms with E-state index in [1.807, 2.05) is 13.8 Å². The number of ketones is 1. The highest BCUT2D eigenvalue weighted by Gasteiger charge is 2.40. The number of carbonyl (C=O) groups excluding carboxylic acids is 2. The largest absolute Gasteiger partial charge is 0.352 e. The lowest BCUT2D eigenvalue weighted by molar-refractivity contribution is -0.131. The second kappa shape index (κ2) is 7.39. The van der Waals surface area contributed by atoms with Crippen molar-refractivity contribution in [2.45, 2.75) is 83.8 Å². The number of amides is 1. The molecule has 4 atom stereocenters. The summed E-state index contributed by atoms with van der Waals surface area (Å²) in [5.74, 6) is 0.701. The van der Waals surface area contributed by atoms with Crippen molar-refractivity contribution >= 4 is 11.7 Å². The molecule has 1 aliphatic heterocycles. The van der Waals surface area contributed by atoms with Gasteiger partial charge >= 0.3 is 0 Å². The molecule has 120 valence electrons. The second-order valence-electron chi connectivity index (χ2n) is 6.76. The van der Waals surface area contributed by atoms with Crippen LogP contribution in [-0.2, 0) is 9.59 Å². The molecule has 2 fully saturated rings. The summed E-state index contributed by atoms with van der Waals surface area (Å²) in [6, 6.07) is 0.383. The minimum Gasteiger partial charge on any atom is -0.352 e. The van der Waals surface area contributed by atoms with Gasteiger partial charge in [0.15, 0.2) is 0 Å². The van der Waals surface area contributed by atoms with Gasteiger partial charge in [0.2, 0.25) is 5.91 Å². The zero-order chi connectivity index (χ0) is 15.4. The standard InChI is InChI=1S/C17H30N2O2/c1-4-12(2)18-17(21)13(3)19-11-7-9-15(19)14-8-5-6-10-16(14)20/h12-15H,4-11H2,1-3H3,(H,18,21). The maximum atomic E-state index is 12.4. The van der Waals surface area contributed by atoms with E-state index in [1.165, 1.54) is 0 Å². The minimum absolute atomic E-state index is 0.111. The molecule has 4 nitrogen and oxygen atoms in total. The first-order valence-corrected chi connectivity index (χ1v) is 8.63. The summed E-state index contributed by atoms with van der Waals surface area (Å²) in [6.07, 6.45) is 7.08. The SMILES string of the molecule is CCC(C)NC(=O)C(C)N1CCCC1C1CCCCC1=O. The number of carbonyl (C=O) groups is 2. The number of likely N-dealkylation sites (tertiary alicyclic amines) is 1. The van der Waals surface area contributed by atoms with Crippen molar-refractivity contribution in [1.82, 2.24) is 10.2 Å². The molecule has 1 amide bonds. The summed E-state index contributed by atoms with van der Waals surface area (Å²) in [6.45, 7) is 7.05. The molecule has 0 spiro atoms. The van der Waals surface area contributed by atoms with Gasteiger partial charge in [0.05, 0.1) is 6.04 Å². The fourth-order valence-corrected chi connectivity index (χ4v) is 3.76. The van der Waals surface area contributed by atoms with Gasteiger partial charge in [0, 0.05) is 24.4 Å². The van der Waals surface area contributed by atoms with Crippen LogP contribution in [0, 0.1) is 5.92 Å². The molecule has 4 unspecified atom stereocenters. The average molecular weight is 294 g/mol. The zero-order valence-corrected chi connectivity index (χ0v) is 13.7. The number of hydrogen-bond donors (Lipinski definition) is 1. The Labute approximate surface area is 128 Å². The van der Waals surface area contributed by atoms with Crippen LogP contribution in [0.3, 0.4) is 0 Å². The van der Waals surface area contributed by atoms with Gasteiger partial charge in [0.1, 0.15) is 5.78 Å². The lowest BCUT2D eigenvalue weighted by atomic mass is 9.81. The van der Waals surface area contributed by atoms with Gasteiger partial charge in [-0.1, -0.05) is 13.3 Å². The summed E-state index contributed by atoms with van der Waals surface area (Å²) in [4.78, 5) is 26.9. The number of hydrogen-bond acceptors (Lipinski definition) is 3. The first-order chi connectivity index (χ1) is 10.0. The van der Waals surface area contributed by atoms with Crippen LogP contribution in [0.4, 0.5) is 0 Å². The summed E-state index contributed by atoms with van der Waals surface area (Å²) in [5.41, 5.74) is 0. The second-order valence-corrected chi connectivity index (χ2v) is 6.76. The van der Waals surface area contributed by atoms with E-state index in [1.54, 1.807) is 0 Å². The first-order valence-electron chi connectivity index (χ1n) is 8.63. The quantitative estimate of drug-likeness (QED) is 0.847. The average Bonchev–Trinajstić information content (AvgIpc) is 2.95. The molecule has 1 heterocycles. The van der Waals surface area contributed by atoms with E-state index in [2.05, 4.69) is 17.1 Å². The van der Waals surface area contributed by atoms with Crippen molar-refractivity contribution in [3.63, 3.8) is 0 Å². The Morgan fingerprint density at radius 3 is 2.71 bits per heavy atom. The highest BCUT2D eigenvalue weighted by atomic mass is 16.2. The fourth-order valence-electron chi connectivity index (χ4n) is 3.76. The number of Topliss-reactive ketones (excluding diaryl/α,β-unsaturated/α-hetero) is 1. The monoisotopic (exact) mass is 294 g/mol. The summed E-state index contributed by atoms with van der Waals surface area (Å²) >= 11 is 0. The Morgan fingerprint density at radius 1 is 1.29 bits per heavy atom. The molecule has 1 saturated heterocycles. The molecule has 1 aliphatic carbocycles. The molecule has 0 aromatic heterocycles. The van der Waals surface area contributed by atoms with Crippen molar-refractivity contribution in [3.8, 4) is 0 Å². The maximum Gasteiger partial charge on any atom is 0.237 e. The molecule has 4 heteroatoms. The van der Waals surface area contributed by atoms with Gasteiger partial charge in [-0.2, -0.15) is 0 Å². The minimum atomic E-state index is -0.124. The third-order valence-corrected chi connectivity index (χ3v) is 5.29. The highest BCUT2D eigenvalue weighted by Crippen LogP contribution is 2.33. The van der Waals surface area contributed by atoms with Crippen LogP contribution in [-0.4, -0.2) is 41.3 Å². The molecule has 1 saturated carbocycles. The Bertz CT molecular complexity index is 383. The van der Waals surface area contributed by atoms with Gasteiger partial charge in [-0.3, -0.25) is 14.5 Å². The van der Waals surface area contributed by atoms with Crippen LogP contribution in [0.15, 0.2) is 0 Å². The summed E-state index contributed by atoms with van der Waals surface area (Å²) < 4.78 is 0. The van der Waals surface area contributed by atoms with Crippen molar-refractivity contribution in [3.05, 3.63) is 0 Å². The molecule has 2 rings (SSSR count). The fraction of sp³-hybridized carbons (Fsp3) is 0.882. The normalized spacial score (nSPS) is 30.1. The maximum absolute atomic E-state index is 12.4. The topological polar surface area (TPSA) is 49.4 Å². The highest BCUT2D eigenvalue weighted by molar-refractivity contribution is 5.83. The molecule has 0 bridgehead atoms. The van der Waals surface area contributed by atoms with E-state index >= 15 is 0 Å². The lowest BCUT2D eigenvalue weighted by Crippen LogP contribution is -2.52. The summed E-state index contributed by atoms with van der Waals surface area (Å²) in [5, 5.41) is 3.08. The van der Waals surface area contributed by atoms with Crippen LogP contribution >= 0.6 is 0 Å². The van der Waals surface area contributed by atoms with Crippen LogP contribution in [0.1, 0.15) is 65.7 Å². The molecule has 0 aromatic rings. The number of nitrogens with zero attached hydrogens (tertiary/aromatic N) is 1. The summed E-state index contributed by atoms with van der Waals surface area (Å²) in [7, 11) is 0. The molecular formula is C17H30N2O2. The molecular weight excluding hydrogens is 264 g/mol. The Kier molecular flexibility index (Phi) is 5.80. The molecule has 0 radical (unpaired) electrons. The molecule has 21 heavy (non-hydrogen) atoms. The van der Waals surface area contributed by atoms with Gasteiger partial charge in [-0.25, -0.2) is 0 Å².